The van der Waals surface area contributed by atoms with Crippen molar-refractivity contribution in [2.45, 2.75) is 18.2 Å². The van der Waals surface area contributed by atoms with E-state index in [-0.39, 0.29) is 11.3 Å². The van der Waals surface area contributed by atoms with Crippen LogP contribution in [0.3, 0.4) is 0 Å². The van der Waals surface area contributed by atoms with Crippen molar-refractivity contribution in [3.05, 3.63) is 24.3 Å². The van der Waals surface area contributed by atoms with Gasteiger partial charge in [0.05, 0.1) is 11.3 Å². The number of sulfonamides is 1. The molecule has 18 heavy (non-hydrogen) atoms. The number of anilines is 1. The number of rotatable bonds is 6. The minimum atomic E-state index is -3.69. The number of nitrogens with zero attached hydrogens (tertiary/aromatic N) is 1. The van der Waals surface area contributed by atoms with Crippen LogP contribution in [0.2, 0.25) is 0 Å². The largest absolute Gasteiger partial charge is 0.481 e. The third kappa shape index (κ3) is 4.01. The summed E-state index contributed by atoms with van der Waals surface area (Å²) in [6, 6.07) is 6.05. The molecule has 0 saturated carbocycles. The van der Waals surface area contributed by atoms with Crippen LogP contribution in [0.25, 0.3) is 0 Å². The molecule has 6 nitrogen and oxygen atoms in total. The van der Waals surface area contributed by atoms with Crippen molar-refractivity contribution in [1.29, 1.82) is 0 Å². The zero-order valence-corrected chi connectivity index (χ0v) is 10.9. The Morgan fingerprint density at radius 1 is 1.33 bits per heavy atom. The highest BCUT2D eigenvalue weighted by atomic mass is 32.2. The molecule has 0 unspecified atom stereocenters. The number of carbonyl (C=O) groups is 1. The van der Waals surface area contributed by atoms with E-state index in [1.54, 1.807) is 12.1 Å². The molecule has 0 saturated heterocycles. The summed E-state index contributed by atoms with van der Waals surface area (Å²) in [7, 11) is -3.69. The van der Waals surface area contributed by atoms with Gasteiger partial charge in [0, 0.05) is 18.8 Å². The van der Waals surface area contributed by atoms with E-state index in [4.69, 9.17) is 10.2 Å². The number of benzene rings is 1. The van der Waals surface area contributed by atoms with E-state index in [1.165, 1.54) is 12.1 Å². The van der Waals surface area contributed by atoms with E-state index >= 15 is 0 Å². The first kappa shape index (κ1) is 14.5. The molecule has 0 heterocycles. The van der Waals surface area contributed by atoms with Gasteiger partial charge in [-0.3, -0.25) is 4.79 Å². The summed E-state index contributed by atoms with van der Waals surface area (Å²) >= 11 is 0. The van der Waals surface area contributed by atoms with Crippen LogP contribution in [0.5, 0.6) is 0 Å². The number of hydrogen-bond donors (Lipinski definition) is 2. The van der Waals surface area contributed by atoms with Crippen molar-refractivity contribution >= 4 is 21.7 Å². The second kappa shape index (κ2) is 5.83. The Morgan fingerprint density at radius 3 is 2.28 bits per heavy atom. The standard InChI is InChI=1S/C11H16N2O4S/c1-2-13(8-7-11(14)15)9-3-5-10(6-4-9)18(12,16)17/h3-6H,2,7-8H2,1H3,(H,14,15)(H2,12,16,17). The third-order valence-electron chi connectivity index (χ3n) is 2.51. The summed E-state index contributed by atoms with van der Waals surface area (Å²) in [5, 5.41) is 13.6. The van der Waals surface area contributed by atoms with Crippen molar-refractivity contribution in [2.75, 3.05) is 18.0 Å². The highest BCUT2D eigenvalue weighted by Crippen LogP contribution is 2.17. The van der Waals surface area contributed by atoms with Gasteiger partial charge in [-0.05, 0) is 31.2 Å². The fourth-order valence-electron chi connectivity index (χ4n) is 1.55. The molecule has 0 spiro atoms. The second-order valence-corrected chi connectivity index (χ2v) is 5.32. The molecule has 0 aliphatic rings. The minimum Gasteiger partial charge on any atom is -0.481 e. The smallest absolute Gasteiger partial charge is 0.305 e. The average molecular weight is 272 g/mol. The van der Waals surface area contributed by atoms with Crippen LogP contribution < -0.4 is 10.0 Å². The molecule has 7 heteroatoms. The van der Waals surface area contributed by atoms with Crippen LogP contribution >= 0.6 is 0 Å². The molecule has 0 aromatic heterocycles. The van der Waals surface area contributed by atoms with Crippen molar-refractivity contribution in [3.63, 3.8) is 0 Å². The summed E-state index contributed by atoms with van der Waals surface area (Å²) in [4.78, 5) is 12.4. The number of nitrogens with two attached hydrogens (primary N) is 1. The van der Waals surface area contributed by atoms with Gasteiger partial charge in [0.1, 0.15) is 0 Å². The van der Waals surface area contributed by atoms with Gasteiger partial charge in [0.25, 0.3) is 0 Å². The van der Waals surface area contributed by atoms with Crippen molar-refractivity contribution in [1.82, 2.24) is 0 Å². The van der Waals surface area contributed by atoms with Crippen molar-refractivity contribution < 1.29 is 18.3 Å². The predicted molar refractivity (Wildman–Crippen MR) is 68.0 cm³/mol. The molecular formula is C11H16N2O4S. The molecule has 1 aromatic carbocycles. The quantitative estimate of drug-likeness (QED) is 0.791. The Balaban J connectivity index is 2.85. The van der Waals surface area contributed by atoms with E-state index < -0.39 is 16.0 Å². The van der Waals surface area contributed by atoms with E-state index in [0.29, 0.717) is 13.1 Å². The summed E-state index contributed by atoms with van der Waals surface area (Å²) < 4.78 is 22.2. The number of hydrogen-bond acceptors (Lipinski definition) is 4. The molecule has 0 bridgehead atoms. The van der Waals surface area contributed by atoms with E-state index in [9.17, 15) is 13.2 Å². The highest BCUT2D eigenvalue weighted by Gasteiger charge is 2.10. The van der Waals surface area contributed by atoms with Gasteiger partial charge < -0.3 is 10.0 Å². The fraction of sp³-hybridized carbons (Fsp3) is 0.364. The molecule has 1 rings (SSSR count). The van der Waals surface area contributed by atoms with Gasteiger partial charge >= 0.3 is 5.97 Å². The van der Waals surface area contributed by atoms with Crippen LogP contribution in [0.1, 0.15) is 13.3 Å². The van der Waals surface area contributed by atoms with Gasteiger partial charge in [0.15, 0.2) is 0 Å². The van der Waals surface area contributed by atoms with Crippen LogP contribution in [-0.4, -0.2) is 32.6 Å². The molecule has 1 aromatic rings. The van der Waals surface area contributed by atoms with Crippen LogP contribution in [0, 0.1) is 0 Å². The first-order valence-electron chi connectivity index (χ1n) is 5.44. The molecule has 0 aliphatic carbocycles. The zero-order valence-electron chi connectivity index (χ0n) is 10.0. The van der Waals surface area contributed by atoms with Crippen LogP contribution in [0.15, 0.2) is 29.2 Å². The predicted octanol–water partition coefficient (Wildman–Crippen LogP) is 0.635. The van der Waals surface area contributed by atoms with E-state index in [1.807, 2.05) is 11.8 Å². The van der Waals surface area contributed by atoms with Gasteiger partial charge in [-0.2, -0.15) is 0 Å². The van der Waals surface area contributed by atoms with Gasteiger partial charge in [-0.1, -0.05) is 0 Å². The summed E-state index contributed by atoms with van der Waals surface area (Å²) in [5.41, 5.74) is 0.770. The van der Waals surface area contributed by atoms with E-state index in [0.717, 1.165) is 5.69 Å². The molecule has 0 fully saturated rings. The van der Waals surface area contributed by atoms with Crippen molar-refractivity contribution in [3.8, 4) is 0 Å². The minimum absolute atomic E-state index is 0.0325. The Hall–Kier alpha value is -1.60. The maximum atomic E-state index is 11.1. The Kier molecular flexibility index (Phi) is 4.69. The monoisotopic (exact) mass is 272 g/mol. The Bertz CT molecular complexity index is 510. The maximum Gasteiger partial charge on any atom is 0.305 e. The van der Waals surface area contributed by atoms with E-state index in [2.05, 4.69) is 0 Å². The summed E-state index contributed by atoms with van der Waals surface area (Å²) in [6.45, 7) is 2.91. The average Bonchev–Trinajstić information content (AvgIpc) is 2.29. The Labute approximate surface area is 106 Å². The number of carboxylic acids is 1. The van der Waals surface area contributed by atoms with Gasteiger partial charge in [0.2, 0.25) is 10.0 Å². The van der Waals surface area contributed by atoms with Gasteiger partial charge in [-0.25, -0.2) is 13.6 Å². The lowest BCUT2D eigenvalue weighted by atomic mass is 10.2. The second-order valence-electron chi connectivity index (χ2n) is 3.76. The van der Waals surface area contributed by atoms with Crippen LogP contribution in [0.4, 0.5) is 5.69 Å². The highest BCUT2D eigenvalue weighted by molar-refractivity contribution is 7.89. The van der Waals surface area contributed by atoms with Crippen LogP contribution in [-0.2, 0) is 14.8 Å². The molecule has 3 N–H and O–H groups in total. The first-order chi connectivity index (χ1) is 8.34. The normalized spacial score (nSPS) is 11.2. The van der Waals surface area contributed by atoms with Crippen molar-refractivity contribution in [2.24, 2.45) is 5.14 Å². The molecule has 0 aliphatic heterocycles. The fourth-order valence-corrected chi connectivity index (χ4v) is 2.06. The molecular weight excluding hydrogens is 256 g/mol. The third-order valence-corrected chi connectivity index (χ3v) is 3.44. The molecule has 0 atom stereocenters. The number of primary sulfonamides is 1. The van der Waals surface area contributed by atoms with Gasteiger partial charge in [-0.15, -0.1) is 0 Å². The summed E-state index contributed by atoms with van der Waals surface area (Å²) in [5.74, 6) is -0.866. The maximum absolute atomic E-state index is 11.1. The zero-order chi connectivity index (χ0) is 13.8. The lowest BCUT2D eigenvalue weighted by Crippen LogP contribution is -2.25. The topological polar surface area (TPSA) is 101 Å². The first-order valence-corrected chi connectivity index (χ1v) is 6.99. The number of carboxylic acid groups (broad SMARTS) is 1. The molecule has 100 valence electrons. The lowest BCUT2D eigenvalue weighted by Gasteiger charge is -2.22. The Morgan fingerprint density at radius 2 is 1.89 bits per heavy atom. The molecule has 0 radical (unpaired) electrons. The SMILES string of the molecule is CCN(CCC(=O)O)c1ccc(S(N)(=O)=O)cc1. The summed E-state index contributed by atoms with van der Waals surface area (Å²) in [6.07, 6.45) is 0.0325. The number of aliphatic carboxylic acids is 1. The lowest BCUT2D eigenvalue weighted by molar-refractivity contribution is -0.136. The molecule has 0 amide bonds.